The lowest BCUT2D eigenvalue weighted by molar-refractivity contribution is -0.140. The normalized spacial score (nSPS) is 9.62. The van der Waals surface area contributed by atoms with Gasteiger partial charge in [0.25, 0.3) is 0 Å². The number of hydrogen-bond acceptors (Lipinski definition) is 6. The number of ether oxygens (including phenoxy) is 2. The van der Waals surface area contributed by atoms with Crippen LogP contribution in [-0.4, -0.2) is 32.7 Å². The van der Waals surface area contributed by atoms with E-state index < -0.39 is 0 Å². The highest BCUT2D eigenvalue weighted by atomic mass is 32.1. The SMILES string of the molecule is COC(=O)CCNc1sccc1C(=O)OC. The topological polar surface area (TPSA) is 64.6 Å². The quantitative estimate of drug-likeness (QED) is 0.794. The predicted molar refractivity (Wildman–Crippen MR) is 60.8 cm³/mol. The number of methoxy groups -OCH3 is 2. The Morgan fingerprint density at radius 2 is 2.12 bits per heavy atom. The lowest BCUT2D eigenvalue weighted by atomic mass is 10.3. The van der Waals surface area contributed by atoms with Gasteiger partial charge < -0.3 is 14.8 Å². The van der Waals surface area contributed by atoms with Crippen LogP contribution in [0.2, 0.25) is 0 Å². The average Bonchev–Trinajstić information content (AvgIpc) is 2.76. The van der Waals surface area contributed by atoms with E-state index in [1.54, 1.807) is 11.4 Å². The number of carbonyl (C=O) groups excluding carboxylic acids is 2. The fourth-order valence-electron chi connectivity index (χ4n) is 1.10. The van der Waals surface area contributed by atoms with Crippen LogP contribution in [0.4, 0.5) is 5.00 Å². The third-order valence-electron chi connectivity index (χ3n) is 1.91. The molecule has 6 heteroatoms. The monoisotopic (exact) mass is 243 g/mol. The van der Waals surface area contributed by atoms with Crippen LogP contribution in [0, 0.1) is 0 Å². The zero-order valence-corrected chi connectivity index (χ0v) is 9.93. The van der Waals surface area contributed by atoms with Crippen molar-refractivity contribution >= 4 is 28.3 Å². The van der Waals surface area contributed by atoms with Crippen molar-refractivity contribution in [3.8, 4) is 0 Å². The van der Waals surface area contributed by atoms with Gasteiger partial charge in [0.2, 0.25) is 0 Å². The van der Waals surface area contributed by atoms with Gasteiger partial charge in [0.15, 0.2) is 0 Å². The van der Waals surface area contributed by atoms with Gasteiger partial charge in [-0.2, -0.15) is 0 Å². The molecule has 0 saturated heterocycles. The maximum absolute atomic E-state index is 11.3. The summed E-state index contributed by atoms with van der Waals surface area (Å²) >= 11 is 1.39. The van der Waals surface area contributed by atoms with Crippen LogP contribution < -0.4 is 5.32 Å². The number of carbonyl (C=O) groups is 2. The maximum atomic E-state index is 11.3. The molecule has 0 aliphatic rings. The van der Waals surface area contributed by atoms with Gasteiger partial charge in [-0.1, -0.05) is 0 Å². The Labute approximate surface area is 97.4 Å². The van der Waals surface area contributed by atoms with Crippen molar-refractivity contribution in [3.63, 3.8) is 0 Å². The van der Waals surface area contributed by atoms with Gasteiger partial charge in [-0.05, 0) is 11.4 Å². The van der Waals surface area contributed by atoms with Crippen molar-refractivity contribution in [2.75, 3.05) is 26.1 Å². The Morgan fingerprint density at radius 1 is 1.38 bits per heavy atom. The fourth-order valence-corrected chi connectivity index (χ4v) is 1.90. The second-order valence-corrected chi connectivity index (χ2v) is 3.82. The molecule has 1 N–H and O–H groups in total. The average molecular weight is 243 g/mol. The molecule has 0 fully saturated rings. The summed E-state index contributed by atoms with van der Waals surface area (Å²) in [6.07, 6.45) is 0.259. The van der Waals surface area contributed by atoms with Crippen molar-refractivity contribution in [2.45, 2.75) is 6.42 Å². The fraction of sp³-hybridized carbons (Fsp3) is 0.400. The molecule has 0 unspecified atom stereocenters. The molecule has 5 nitrogen and oxygen atoms in total. The molecule has 0 radical (unpaired) electrons. The summed E-state index contributed by atoms with van der Waals surface area (Å²) in [5.74, 6) is -0.675. The van der Waals surface area contributed by atoms with E-state index in [2.05, 4.69) is 14.8 Å². The molecule has 0 amide bonds. The molecular formula is C10H13NO4S. The van der Waals surface area contributed by atoms with Gasteiger partial charge in [0, 0.05) is 6.54 Å². The highest BCUT2D eigenvalue weighted by Gasteiger charge is 2.12. The number of hydrogen-bond donors (Lipinski definition) is 1. The molecule has 0 spiro atoms. The molecule has 1 aromatic heterocycles. The summed E-state index contributed by atoms with van der Waals surface area (Å²) in [6.45, 7) is 0.428. The first-order valence-electron chi connectivity index (χ1n) is 4.65. The summed E-state index contributed by atoms with van der Waals surface area (Å²) in [7, 11) is 2.67. The van der Waals surface area contributed by atoms with E-state index in [0.717, 1.165) is 0 Å². The van der Waals surface area contributed by atoms with E-state index in [4.69, 9.17) is 0 Å². The Morgan fingerprint density at radius 3 is 2.75 bits per heavy atom. The predicted octanol–water partition coefficient (Wildman–Crippen LogP) is 1.51. The minimum absolute atomic E-state index is 0.259. The number of esters is 2. The lowest BCUT2D eigenvalue weighted by Crippen LogP contribution is -2.11. The standard InChI is InChI=1S/C10H13NO4S/c1-14-8(12)3-5-11-9-7(4-6-16-9)10(13)15-2/h4,6,11H,3,5H2,1-2H3. The minimum Gasteiger partial charge on any atom is -0.469 e. The van der Waals surface area contributed by atoms with Gasteiger partial charge in [-0.15, -0.1) is 11.3 Å². The second-order valence-electron chi connectivity index (χ2n) is 2.91. The van der Waals surface area contributed by atoms with Crippen molar-refractivity contribution in [1.29, 1.82) is 0 Å². The second kappa shape index (κ2) is 6.12. The first kappa shape index (κ1) is 12.5. The summed E-state index contributed by atoms with van der Waals surface area (Å²) in [4.78, 5) is 22.2. The number of anilines is 1. The largest absolute Gasteiger partial charge is 0.469 e. The Kier molecular flexibility index (Phi) is 4.78. The zero-order chi connectivity index (χ0) is 12.0. The van der Waals surface area contributed by atoms with Crippen molar-refractivity contribution in [3.05, 3.63) is 17.0 Å². The molecule has 0 saturated carbocycles. The van der Waals surface area contributed by atoms with Gasteiger partial charge in [-0.25, -0.2) is 4.79 Å². The van der Waals surface area contributed by atoms with Crippen LogP contribution in [0.1, 0.15) is 16.8 Å². The maximum Gasteiger partial charge on any atom is 0.340 e. The van der Waals surface area contributed by atoms with E-state index in [1.165, 1.54) is 25.6 Å². The molecule has 1 heterocycles. The first-order valence-corrected chi connectivity index (χ1v) is 5.53. The minimum atomic E-state index is -0.387. The molecule has 0 aliphatic carbocycles. The Balaban J connectivity index is 2.51. The molecular weight excluding hydrogens is 230 g/mol. The van der Waals surface area contributed by atoms with Gasteiger partial charge in [0.1, 0.15) is 5.00 Å². The van der Waals surface area contributed by atoms with Crippen LogP contribution in [0.15, 0.2) is 11.4 Å². The van der Waals surface area contributed by atoms with Crippen LogP contribution in [-0.2, 0) is 14.3 Å². The van der Waals surface area contributed by atoms with Crippen LogP contribution in [0.3, 0.4) is 0 Å². The highest BCUT2D eigenvalue weighted by molar-refractivity contribution is 7.14. The van der Waals surface area contributed by atoms with Gasteiger partial charge in [0.05, 0.1) is 26.2 Å². The number of thiophene rings is 1. The number of rotatable bonds is 5. The third kappa shape index (κ3) is 3.23. The Hall–Kier alpha value is -1.56. The van der Waals surface area contributed by atoms with Gasteiger partial charge >= 0.3 is 11.9 Å². The van der Waals surface area contributed by atoms with Crippen molar-refractivity contribution < 1.29 is 19.1 Å². The van der Waals surface area contributed by atoms with Crippen LogP contribution in [0.25, 0.3) is 0 Å². The van der Waals surface area contributed by atoms with E-state index in [9.17, 15) is 9.59 Å². The third-order valence-corrected chi connectivity index (χ3v) is 2.79. The molecule has 0 aliphatic heterocycles. The van der Waals surface area contributed by atoms with E-state index >= 15 is 0 Å². The lowest BCUT2D eigenvalue weighted by Gasteiger charge is -2.05. The summed E-state index contributed by atoms with van der Waals surface area (Å²) in [5.41, 5.74) is 0.484. The highest BCUT2D eigenvalue weighted by Crippen LogP contribution is 2.23. The van der Waals surface area contributed by atoms with Crippen LogP contribution in [0.5, 0.6) is 0 Å². The molecule has 0 bridgehead atoms. The molecule has 1 rings (SSSR count). The smallest absolute Gasteiger partial charge is 0.340 e. The Bertz CT molecular complexity index is 375. The number of nitrogens with one attached hydrogen (secondary N) is 1. The van der Waals surface area contributed by atoms with Crippen molar-refractivity contribution in [2.24, 2.45) is 0 Å². The van der Waals surface area contributed by atoms with Crippen LogP contribution >= 0.6 is 11.3 Å². The molecule has 1 aromatic rings. The zero-order valence-electron chi connectivity index (χ0n) is 9.11. The van der Waals surface area contributed by atoms with E-state index in [-0.39, 0.29) is 18.4 Å². The molecule has 0 atom stereocenters. The summed E-state index contributed by atoms with van der Waals surface area (Å²) in [5, 5.41) is 5.48. The summed E-state index contributed by atoms with van der Waals surface area (Å²) in [6, 6.07) is 1.68. The first-order chi connectivity index (χ1) is 7.69. The van der Waals surface area contributed by atoms with Crippen molar-refractivity contribution in [1.82, 2.24) is 0 Å². The van der Waals surface area contributed by atoms with Gasteiger partial charge in [-0.3, -0.25) is 4.79 Å². The molecule has 16 heavy (non-hydrogen) atoms. The van der Waals surface area contributed by atoms with E-state index in [0.29, 0.717) is 17.1 Å². The molecule has 88 valence electrons. The summed E-state index contributed by atoms with van der Waals surface area (Å²) < 4.78 is 9.12. The molecule has 0 aromatic carbocycles. The van der Waals surface area contributed by atoms with E-state index in [1.807, 2.05) is 0 Å².